The Labute approximate surface area is 185 Å². The number of thiol groups is 1. The van der Waals surface area contributed by atoms with Gasteiger partial charge in [-0.05, 0) is 92.4 Å². The fourth-order valence-corrected chi connectivity index (χ4v) is 6.50. The predicted molar refractivity (Wildman–Crippen MR) is 122 cm³/mol. The first-order chi connectivity index (χ1) is 14.5. The van der Waals surface area contributed by atoms with Crippen LogP contribution in [0.1, 0.15) is 53.9 Å². The number of rotatable bonds is 7. The average molecular weight is 445 g/mol. The normalized spacial score (nSPS) is 25.0. The van der Waals surface area contributed by atoms with Crippen LogP contribution in [0, 0.1) is 0 Å². The van der Waals surface area contributed by atoms with Gasteiger partial charge in [0.2, 0.25) is 10.9 Å². The second kappa shape index (κ2) is 8.27. The Bertz CT molecular complexity index is 1010. The zero-order valence-corrected chi connectivity index (χ0v) is 18.8. The molecule has 0 aromatic heterocycles. The SMILES string of the molecule is O=[SH](=O)NC1(Cc2ccc3c(c2)C(Cc2cccc(Cl)c2)C(N2CCC2)C3)CCC1. The van der Waals surface area contributed by atoms with Gasteiger partial charge in [0, 0.05) is 22.5 Å². The van der Waals surface area contributed by atoms with Gasteiger partial charge in [-0.2, -0.15) is 0 Å². The van der Waals surface area contributed by atoms with E-state index in [1.54, 1.807) is 0 Å². The Balaban J connectivity index is 1.43. The monoisotopic (exact) mass is 444 g/mol. The fourth-order valence-electron chi connectivity index (χ4n) is 5.60. The molecule has 0 bridgehead atoms. The van der Waals surface area contributed by atoms with Gasteiger partial charge < -0.3 is 0 Å². The molecule has 2 unspecified atom stereocenters. The largest absolute Gasteiger partial charge is 0.299 e. The van der Waals surface area contributed by atoms with E-state index in [1.807, 2.05) is 12.1 Å². The van der Waals surface area contributed by atoms with Gasteiger partial charge in [0.1, 0.15) is 0 Å². The van der Waals surface area contributed by atoms with E-state index in [0.717, 1.165) is 43.5 Å². The third kappa shape index (κ3) is 4.05. The second-order valence-corrected chi connectivity index (χ2v) is 10.5. The summed E-state index contributed by atoms with van der Waals surface area (Å²) in [5, 5.41) is 0.796. The van der Waals surface area contributed by atoms with E-state index < -0.39 is 10.9 Å². The van der Waals surface area contributed by atoms with E-state index in [-0.39, 0.29) is 5.54 Å². The number of fused-ring (bicyclic) bond motifs is 1. The molecule has 1 aliphatic heterocycles. The van der Waals surface area contributed by atoms with Crippen LogP contribution < -0.4 is 4.72 Å². The van der Waals surface area contributed by atoms with Gasteiger partial charge in [-0.25, -0.2) is 13.1 Å². The van der Waals surface area contributed by atoms with E-state index in [1.165, 1.54) is 41.8 Å². The number of hydrogen-bond acceptors (Lipinski definition) is 3. The number of likely N-dealkylation sites (tertiary alicyclic amines) is 1. The lowest BCUT2D eigenvalue weighted by Crippen LogP contribution is -2.51. The van der Waals surface area contributed by atoms with Gasteiger partial charge in [0.15, 0.2) is 0 Å². The van der Waals surface area contributed by atoms with Gasteiger partial charge in [-0.1, -0.05) is 41.9 Å². The average Bonchev–Trinajstić information content (AvgIpc) is 2.96. The third-order valence-electron chi connectivity index (χ3n) is 7.39. The van der Waals surface area contributed by atoms with Crippen molar-refractivity contribution < 1.29 is 8.42 Å². The van der Waals surface area contributed by atoms with Crippen LogP contribution in [-0.4, -0.2) is 38.0 Å². The van der Waals surface area contributed by atoms with Crippen molar-refractivity contribution in [2.75, 3.05) is 13.1 Å². The minimum atomic E-state index is -2.57. The standard InChI is InChI=1S/C24H29ClN2O2S/c25-20-5-1-4-17(12-20)13-22-21-14-18(16-24(8-2-9-24)26-30(28)29)6-7-19(21)15-23(22)27-10-3-11-27/h1,4-7,12,14,22-23,30H,2-3,8-11,13,15-16H2,(H,26,28,29). The molecule has 2 aromatic rings. The number of hydrogen-bond donors (Lipinski definition) is 2. The number of benzene rings is 2. The lowest BCUT2D eigenvalue weighted by atomic mass is 9.73. The van der Waals surface area contributed by atoms with Crippen LogP contribution in [0.15, 0.2) is 42.5 Å². The molecule has 160 valence electrons. The zero-order valence-electron chi connectivity index (χ0n) is 17.1. The van der Waals surface area contributed by atoms with Crippen molar-refractivity contribution in [1.82, 2.24) is 9.62 Å². The van der Waals surface area contributed by atoms with Crippen molar-refractivity contribution in [2.45, 2.75) is 62.4 Å². The Morgan fingerprint density at radius 3 is 2.53 bits per heavy atom. The molecule has 4 nitrogen and oxygen atoms in total. The van der Waals surface area contributed by atoms with Gasteiger partial charge >= 0.3 is 0 Å². The van der Waals surface area contributed by atoms with Crippen molar-refractivity contribution in [2.24, 2.45) is 0 Å². The maximum absolute atomic E-state index is 11.3. The molecule has 3 aliphatic rings. The summed E-state index contributed by atoms with van der Waals surface area (Å²) in [4.78, 5) is 2.63. The molecule has 2 aromatic carbocycles. The lowest BCUT2D eigenvalue weighted by Gasteiger charge is -2.41. The zero-order chi connectivity index (χ0) is 20.7. The number of nitrogens with zero attached hydrogens (tertiary/aromatic N) is 1. The van der Waals surface area contributed by atoms with Gasteiger partial charge in [0.25, 0.3) is 0 Å². The highest BCUT2D eigenvalue weighted by molar-refractivity contribution is 7.70. The Hall–Kier alpha value is -1.40. The smallest absolute Gasteiger partial charge is 0.201 e. The highest BCUT2D eigenvalue weighted by Gasteiger charge is 2.40. The second-order valence-electron chi connectivity index (χ2n) is 9.31. The summed E-state index contributed by atoms with van der Waals surface area (Å²) in [5.41, 5.74) is 5.16. The highest BCUT2D eigenvalue weighted by Crippen LogP contribution is 2.42. The van der Waals surface area contributed by atoms with Crippen molar-refractivity contribution in [3.05, 3.63) is 69.7 Å². The Kier molecular flexibility index (Phi) is 5.65. The highest BCUT2D eigenvalue weighted by atomic mass is 35.5. The molecule has 2 fully saturated rings. The Morgan fingerprint density at radius 1 is 1.07 bits per heavy atom. The molecule has 1 saturated heterocycles. The summed E-state index contributed by atoms with van der Waals surface area (Å²) in [6.07, 6.45) is 7.12. The molecule has 0 radical (unpaired) electrons. The molecule has 2 atom stereocenters. The van der Waals surface area contributed by atoms with Crippen LogP contribution in [-0.2, 0) is 30.2 Å². The predicted octanol–water partition coefficient (Wildman–Crippen LogP) is 3.88. The van der Waals surface area contributed by atoms with Crippen LogP contribution in [0.3, 0.4) is 0 Å². The summed E-state index contributed by atoms with van der Waals surface area (Å²) in [6, 6.07) is 15.7. The van der Waals surface area contributed by atoms with Crippen LogP contribution in [0.2, 0.25) is 5.02 Å². The molecular formula is C24H29ClN2O2S. The maximum Gasteiger partial charge on any atom is 0.201 e. The van der Waals surface area contributed by atoms with Gasteiger partial charge in [-0.15, -0.1) is 0 Å². The summed E-state index contributed by atoms with van der Waals surface area (Å²) in [7, 11) is -2.57. The molecule has 5 rings (SSSR count). The van der Waals surface area contributed by atoms with E-state index in [9.17, 15) is 8.42 Å². The lowest BCUT2D eigenvalue weighted by molar-refractivity contribution is 0.106. The maximum atomic E-state index is 11.3. The quantitative estimate of drug-likeness (QED) is 0.637. The van der Waals surface area contributed by atoms with Crippen molar-refractivity contribution in [3.63, 3.8) is 0 Å². The minimum Gasteiger partial charge on any atom is -0.299 e. The molecule has 1 N–H and O–H groups in total. The molecule has 1 heterocycles. The van der Waals surface area contributed by atoms with Crippen LogP contribution in [0.5, 0.6) is 0 Å². The van der Waals surface area contributed by atoms with Gasteiger partial charge in [-0.3, -0.25) is 4.90 Å². The van der Waals surface area contributed by atoms with E-state index >= 15 is 0 Å². The van der Waals surface area contributed by atoms with E-state index in [4.69, 9.17) is 11.6 Å². The molecule has 2 aliphatic carbocycles. The molecule has 30 heavy (non-hydrogen) atoms. The summed E-state index contributed by atoms with van der Waals surface area (Å²) < 4.78 is 25.5. The van der Waals surface area contributed by atoms with Crippen molar-refractivity contribution in [3.8, 4) is 0 Å². The first-order valence-corrected chi connectivity index (χ1v) is 12.6. The van der Waals surface area contributed by atoms with Crippen LogP contribution in [0.25, 0.3) is 0 Å². The van der Waals surface area contributed by atoms with E-state index in [0.29, 0.717) is 12.0 Å². The minimum absolute atomic E-state index is 0.276. The fraction of sp³-hybridized carbons (Fsp3) is 0.500. The van der Waals surface area contributed by atoms with E-state index in [2.05, 4.69) is 40.0 Å². The van der Waals surface area contributed by atoms with Crippen molar-refractivity contribution >= 4 is 22.5 Å². The third-order valence-corrected chi connectivity index (χ3v) is 8.28. The first kappa shape index (κ1) is 20.5. The summed E-state index contributed by atoms with van der Waals surface area (Å²) in [6.45, 7) is 2.39. The molecule has 6 heteroatoms. The van der Waals surface area contributed by atoms with Crippen molar-refractivity contribution in [1.29, 1.82) is 0 Å². The topological polar surface area (TPSA) is 49.4 Å². The van der Waals surface area contributed by atoms with Crippen LogP contribution in [0.4, 0.5) is 0 Å². The molecule has 0 spiro atoms. The van der Waals surface area contributed by atoms with Gasteiger partial charge in [0.05, 0.1) is 0 Å². The number of halogens is 1. The number of nitrogens with one attached hydrogen (secondary N) is 1. The summed E-state index contributed by atoms with van der Waals surface area (Å²) in [5.74, 6) is 0.458. The molecule has 0 amide bonds. The molecule has 1 saturated carbocycles. The Morgan fingerprint density at radius 2 is 1.90 bits per heavy atom. The molecular weight excluding hydrogens is 416 g/mol. The summed E-state index contributed by atoms with van der Waals surface area (Å²) >= 11 is 6.26. The van der Waals surface area contributed by atoms with Crippen LogP contribution >= 0.6 is 11.6 Å². The first-order valence-electron chi connectivity index (χ1n) is 11.0.